The SMILES string of the molecule is Cc1c2ccccc2c(-c2cccc(-c3cccc(-c4cccc(-n5c6ccccc6c6ncccc65)n4)n3)n2)c2ccccc12. The molecule has 0 amide bonds. The van der Waals surface area contributed by atoms with E-state index in [1.54, 1.807) is 0 Å². The van der Waals surface area contributed by atoms with Crippen LogP contribution in [0.5, 0.6) is 0 Å². The summed E-state index contributed by atoms with van der Waals surface area (Å²) in [5.74, 6) is 0.821. The fourth-order valence-corrected chi connectivity index (χ4v) is 6.78. The maximum Gasteiger partial charge on any atom is 0.138 e. The molecule has 0 radical (unpaired) electrons. The number of nitrogens with zero attached hydrogens (tertiary/aromatic N) is 5. The van der Waals surface area contributed by atoms with Crippen molar-refractivity contribution in [3.8, 4) is 39.9 Å². The normalized spacial score (nSPS) is 11.6. The maximum absolute atomic E-state index is 5.21. The number of hydrogen-bond donors (Lipinski definition) is 0. The summed E-state index contributed by atoms with van der Waals surface area (Å²) < 4.78 is 2.17. The van der Waals surface area contributed by atoms with Crippen molar-refractivity contribution in [1.29, 1.82) is 0 Å². The largest absolute Gasteiger partial charge is 0.292 e. The fraction of sp³-hybridized carbons (Fsp3) is 0.0244. The molecule has 0 atom stereocenters. The van der Waals surface area contributed by atoms with Gasteiger partial charge in [0.2, 0.25) is 0 Å². The van der Waals surface area contributed by atoms with Gasteiger partial charge in [-0.25, -0.2) is 15.0 Å². The van der Waals surface area contributed by atoms with E-state index in [0.29, 0.717) is 0 Å². The molecule has 5 aromatic heterocycles. The van der Waals surface area contributed by atoms with Gasteiger partial charge >= 0.3 is 0 Å². The van der Waals surface area contributed by atoms with Crippen molar-refractivity contribution in [2.24, 2.45) is 0 Å². The number of pyridine rings is 4. The molecule has 0 spiro atoms. The Labute approximate surface area is 265 Å². The van der Waals surface area contributed by atoms with Crippen LogP contribution in [0.1, 0.15) is 5.56 Å². The standard InChI is InChI=1S/C41H27N5/c1-26-27-12-2-4-14-29(27)40(30-15-5-3-13-28(26)30)36-21-9-19-33(44-36)32-17-8-18-34(43-32)35-20-10-24-39(45-35)46-37-22-7-6-16-31(37)41-38(46)23-11-25-42-41/h2-25H,1H3. The topological polar surface area (TPSA) is 56.5 Å². The maximum atomic E-state index is 5.21. The summed E-state index contributed by atoms with van der Waals surface area (Å²) in [5, 5.41) is 5.99. The molecular formula is C41H27N5. The summed E-state index contributed by atoms with van der Waals surface area (Å²) in [7, 11) is 0. The van der Waals surface area contributed by atoms with E-state index in [2.05, 4.69) is 101 Å². The second-order valence-corrected chi connectivity index (χ2v) is 11.5. The van der Waals surface area contributed by atoms with Crippen LogP contribution in [0.3, 0.4) is 0 Å². The lowest BCUT2D eigenvalue weighted by atomic mass is 9.90. The smallest absolute Gasteiger partial charge is 0.138 e. The highest BCUT2D eigenvalue weighted by Crippen LogP contribution is 2.39. The molecular weight excluding hydrogens is 562 g/mol. The average molecular weight is 590 g/mol. The van der Waals surface area contributed by atoms with Crippen molar-refractivity contribution in [1.82, 2.24) is 24.5 Å². The molecule has 216 valence electrons. The summed E-state index contributed by atoms with van der Waals surface area (Å²) in [6.07, 6.45) is 1.84. The van der Waals surface area contributed by atoms with E-state index in [1.807, 2.05) is 60.8 Å². The summed E-state index contributed by atoms with van der Waals surface area (Å²) >= 11 is 0. The zero-order valence-electron chi connectivity index (χ0n) is 25.1. The highest BCUT2D eigenvalue weighted by atomic mass is 15.1. The Morgan fingerprint density at radius 1 is 0.413 bits per heavy atom. The van der Waals surface area contributed by atoms with E-state index in [4.69, 9.17) is 15.0 Å². The molecule has 46 heavy (non-hydrogen) atoms. The van der Waals surface area contributed by atoms with Crippen molar-refractivity contribution in [3.05, 3.63) is 151 Å². The molecule has 0 unspecified atom stereocenters. The Hall–Kier alpha value is -6.20. The van der Waals surface area contributed by atoms with Gasteiger partial charge in [-0.05, 0) is 88.6 Å². The fourth-order valence-electron chi connectivity index (χ4n) is 6.78. The van der Waals surface area contributed by atoms with Crippen LogP contribution in [0, 0.1) is 6.92 Å². The van der Waals surface area contributed by atoms with Crippen LogP contribution >= 0.6 is 0 Å². The number of benzene rings is 4. The lowest BCUT2D eigenvalue weighted by Crippen LogP contribution is -1.99. The van der Waals surface area contributed by atoms with E-state index in [-0.39, 0.29) is 0 Å². The Kier molecular flexibility index (Phi) is 5.96. The first-order chi connectivity index (χ1) is 22.7. The van der Waals surface area contributed by atoms with E-state index < -0.39 is 0 Å². The average Bonchev–Trinajstić information content (AvgIpc) is 3.47. The van der Waals surface area contributed by atoms with E-state index >= 15 is 0 Å². The number of para-hydroxylation sites is 1. The molecule has 0 saturated heterocycles. The molecule has 4 aromatic carbocycles. The molecule has 0 bridgehead atoms. The van der Waals surface area contributed by atoms with Crippen LogP contribution in [0.2, 0.25) is 0 Å². The minimum absolute atomic E-state index is 0.789. The molecule has 0 N–H and O–H groups in total. The minimum Gasteiger partial charge on any atom is -0.292 e. The zero-order chi connectivity index (χ0) is 30.6. The molecule has 0 fully saturated rings. The number of rotatable bonds is 4. The van der Waals surface area contributed by atoms with Gasteiger partial charge in [0.25, 0.3) is 0 Å². The van der Waals surface area contributed by atoms with E-state index in [0.717, 1.165) is 61.8 Å². The summed E-state index contributed by atoms with van der Waals surface area (Å²) in [6.45, 7) is 2.20. The van der Waals surface area contributed by atoms with Gasteiger partial charge in [-0.1, -0.05) is 84.9 Å². The molecule has 9 rings (SSSR count). The van der Waals surface area contributed by atoms with Crippen LogP contribution in [0.4, 0.5) is 0 Å². The summed E-state index contributed by atoms with van der Waals surface area (Å²) in [5.41, 5.74) is 9.61. The first-order valence-electron chi connectivity index (χ1n) is 15.4. The van der Waals surface area contributed by atoms with Gasteiger partial charge in [0.15, 0.2) is 0 Å². The molecule has 0 saturated carbocycles. The monoisotopic (exact) mass is 589 g/mol. The van der Waals surface area contributed by atoms with Gasteiger partial charge in [-0.3, -0.25) is 9.55 Å². The summed E-state index contributed by atoms with van der Waals surface area (Å²) in [6, 6.07) is 47.9. The third kappa shape index (κ3) is 4.10. The van der Waals surface area contributed by atoms with Gasteiger partial charge < -0.3 is 0 Å². The zero-order valence-corrected chi connectivity index (χ0v) is 25.1. The van der Waals surface area contributed by atoms with Gasteiger partial charge in [0, 0.05) is 17.1 Å². The second kappa shape index (κ2) is 10.5. The third-order valence-corrected chi connectivity index (χ3v) is 8.87. The molecule has 5 heterocycles. The quantitative estimate of drug-likeness (QED) is 0.192. The highest BCUT2D eigenvalue weighted by Gasteiger charge is 2.17. The van der Waals surface area contributed by atoms with E-state index in [1.165, 1.54) is 27.1 Å². The van der Waals surface area contributed by atoms with Gasteiger partial charge in [0.1, 0.15) is 5.82 Å². The Balaban J connectivity index is 1.16. The molecule has 0 aliphatic carbocycles. The van der Waals surface area contributed by atoms with Gasteiger partial charge in [-0.15, -0.1) is 0 Å². The van der Waals surface area contributed by atoms with Gasteiger partial charge in [0.05, 0.1) is 45.0 Å². The molecule has 9 aromatic rings. The molecule has 5 nitrogen and oxygen atoms in total. The van der Waals surface area contributed by atoms with Crippen molar-refractivity contribution in [3.63, 3.8) is 0 Å². The Morgan fingerprint density at radius 2 is 0.913 bits per heavy atom. The summed E-state index contributed by atoms with van der Waals surface area (Å²) in [4.78, 5) is 20.1. The van der Waals surface area contributed by atoms with Crippen LogP contribution in [0.15, 0.2) is 146 Å². The highest BCUT2D eigenvalue weighted by molar-refractivity contribution is 6.14. The first kappa shape index (κ1) is 26.2. The molecule has 5 heteroatoms. The van der Waals surface area contributed by atoms with Crippen molar-refractivity contribution in [2.75, 3.05) is 0 Å². The Morgan fingerprint density at radius 3 is 1.59 bits per heavy atom. The van der Waals surface area contributed by atoms with Crippen LogP contribution in [-0.2, 0) is 0 Å². The van der Waals surface area contributed by atoms with Crippen molar-refractivity contribution in [2.45, 2.75) is 6.92 Å². The predicted molar refractivity (Wildman–Crippen MR) is 188 cm³/mol. The minimum atomic E-state index is 0.789. The number of hydrogen-bond acceptors (Lipinski definition) is 4. The first-order valence-corrected chi connectivity index (χ1v) is 15.4. The number of fused-ring (bicyclic) bond motifs is 5. The Bertz CT molecular complexity index is 2510. The molecule has 0 aliphatic rings. The number of aromatic nitrogens is 5. The second-order valence-electron chi connectivity index (χ2n) is 11.5. The predicted octanol–water partition coefficient (Wildman–Crippen LogP) is 9.98. The van der Waals surface area contributed by atoms with E-state index in [9.17, 15) is 0 Å². The third-order valence-electron chi connectivity index (χ3n) is 8.87. The van der Waals surface area contributed by atoms with Gasteiger partial charge in [-0.2, -0.15) is 0 Å². The van der Waals surface area contributed by atoms with Crippen LogP contribution in [-0.4, -0.2) is 24.5 Å². The molecule has 0 aliphatic heterocycles. The van der Waals surface area contributed by atoms with Crippen LogP contribution in [0.25, 0.3) is 83.3 Å². The van der Waals surface area contributed by atoms with Crippen LogP contribution < -0.4 is 0 Å². The van der Waals surface area contributed by atoms with Crippen molar-refractivity contribution < 1.29 is 0 Å². The van der Waals surface area contributed by atoms with Crippen molar-refractivity contribution >= 4 is 43.5 Å². The lowest BCUT2D eigenvalue weighted by molar-refractivity contribution is 1.07. The lowest BCUT2D eigenvalue weighted by Gasteiger charge is -2.15. The number of aryl methyl sites for hydroxylation is 1.